The Morgan fingerprint density at radius 3 is 3.00 bits per heavy atom. The number of hydrogen-bond donors (Lipinski definition) is 1. The summed E-state index contributed by atoms with van der Waals surface area (Å²) in [5.74, 6) is -0.209. The molecule has 0 unspecified atom stereocenters. The molecule has 0 bridgehead atoms. The summed E-state index contributed by atoms with van der Waals surface area (Å²) >= 11 is 9.01. The predicted octanol–water partition coefficient (Wildman–Crippen LogP) is 4.09. The number of fused-ring (bicyclic) bond motifs is 1. The summed E-state index contributed by atoms with van der Waals surface area (Å²) < 4.78 is 15.0. The van der Waals surface area contributed by atoms with Gasteiger partial charge in [0.25, 0.3) is 0 Å². The van der Waals surface area contributed by atoms with E-state index in [0.29, 0.717) is 10.3 Å². The van der Waals surface area contributed by atoms with Crippen LogP contribution in [0.2, 0.25) is 0 Å². The van der Waals surface area contributed by atoms with Crippen molar-refractivity contribution in [3.05, 3.63) is 27.8 Å². The Bertz CT molecular complexity index is 436. The summed E-state index contributed by atoms with van der Waals surface area (Å²) in [5, 5.41) is 2.52. The first-order chi connectivity index (χ1) is 5.70. The molecule has 0 aliphatic rings. The molecular formula is C8H4BrFS2. The number of thiol groups is 1. The van der Waals surface area contributed by atoms with E-state index < -0.39 is 0 Å². The van der Waals surface area contributed by atoms with Gasteiger partial charge in [-0.25, -0.2) is 4.39 Å². The van der Waals surface area contributed by atoms with Gasteiger partial charge in [-0.05, 0) is 33.4 Å². The fourth-order valence-electron chi connectivity index (χ4n) is 1.04. The molecule has 1 heterocycles. The van der Waals surface area contributed by atoms with E-state index >= 15 is 0 Å². The highest BCUT2D eigenvalue weighted by atomic mass is 79.9. The molecule has 0 spiro atoms. The second kappa shape index (κ2) is 3.01. The summed E-state index contributed by atoms with van der Waals surface area (Å²) in [6.07, 6.45) is 0. The smallest absolute Gasteiger partial charge is 0.133 e. The van der Waals surface area contributed by atoms with Crippen molar-refractivity contribution >= 4 is 50.0 Å². The van der Waals surface area contributed by atoms with Crippen LogP contribution in [0.5, 0.6) is 0 Å². The van der Waals surface area contributed by atoms with Gasteiger partial charge in [0, 0.05) is 14.8 Å². The van der Waals surface area contributed by atoms with Gasteiger partial charge in [0.1, 0.15) is 5.82 Å². The molecule has 0 amide bonds. The molecule has 1 aromatic heterocycles. The molecule has 2 aromatic rings. The molecule has 0 saturated carbocycles. The molecule has 1 aromatic carbocycles. The van der Waals surface area contributed by atoms with Crippen LogP contribution in [-0.2, 0) is 0 Å². The first-order valence-corrected chi connectivity index (χ1v) is 5.36. The predicted molar refractivity (Wildman–Crippen MR) is 56.7 cm³/mol. The Morgan fingerprint density at radius 1 is 1.50 bits per heavy atom. The van der Waals surface area contributed by atoms with Crippen LogP contribution in [0.1, 0.15) is 0 Å². The second-order valence-electron chi connectivity index (χ2n) is 2.35. The number of thiophene rings is 1. The van der Waals surface area contributed by atoms with Crippen LogP contribution in [0.3, 0.4) is 0 Å². The molecule has 0 radical (unpaired) electrons. The zero-order chi connectivity index (χ0) is 8.72. The Morgan fingerprint density at radius 2 is 2.25 bits per heavy atom. The topological polar surface area (TPSA) is 0 Å². The number of rotatable bonds is 0. The molecule has 0 N–H and O–H groups in total. The fourth-order valence-corrected chi connectivity index (χ4v) is 2.80. The third-order valence-electron chi connectivity index (χ3n) is 1.61. The molecule has 0 aliphatic heterocycles. The van der Waals surface area contributed by atoms with Gasteiger partial charge >= 0.3 is 0 Å². The van der Waals surface area contributed by atoms with Crippen LogP contribution in [-0.4, -0.2) is 0 Å². The zero-order valence-corrected chi connectivity index (χ0v) is 9.14. The van der Waals surface area contributed by atoms with E-state index in [0.717, 1.165) is 9.17 Å². The Hall–Kier alpha value is -0.0600. The standard InChI is InChI=1S/C8H4BrFS2/c9-7-6(11)3-5(10)4-1-2-12-8(4)7/h1-3,11H. The summed E-state index contributed by atoms with van der Waals surface area (Å²) in [5.41, 5.74) is 0. The number of halogens is 2. The van der Waals surface area contributed by atoms with E-state index in [1.807, 2.05) is 5.38 Å². The summed E-state index contributed by atoms with van der Waals surface area (Å²) in [4.78, 5) is 0.641. The molecule has 0 aliphatic carbocycles. The van der Waals surface area contributed by atoms with Crippen molar-refractivity contribution in [1.82, 2.24) is 0 Å². The Balaban J connectivity index is 2.97. The quantitative estimate of drug-likeness (QED) is 0.680. The summed E-state index contributed by atoms with van der Waals surface area (Å²) in [6, 6.07) is 3.19. The molecule has 0 nitrogen and oxygen atoms in total. The van der Waals surface area contributed by atoms with Crippen LogP contribution in [0.25, 0.3) is 10.1 Å². The van der Waals surface area contributed by atoms with Gasteiger partial charge in [-0.3, -0.25) is 0 Å². The average molecular weight is 263 g/mol. The van der Waals surface area contributed by atoms with Crippen LogP contribution in [0, 0.1) is 5.82 Å². The second-order valence-corrected chi connectivity index (χ2v) is 4.55. The van der Waals surface area contributed by atoms with Gasteiger partial charge in [-0.1, -0.05) is 0 Å². The van der Waals surface area contributed by atoms with Crippen molar-refractivity contribution in [1.29, 1.82) is 0 Å². The third-order valence-corrected chi connectivity index (χ3v) is 4.29. The summed E-state index contributed by atoms with van der Waals surface area (Å²) in [7, 11) is 0. The largest absolute Gasteiger partial charge is 0.206 e. The van der Waals surface area contributed by atoms with Crippen molar-refractivity contribution < 1.29 is 4.39 Å². The Kier molecular flexibility index (Phi) is 2.14. The van der Waals surface area contributed by atoms with Gasteiger partial charge < -0.3 is 0 Å². The first kappa shape index (κ1) is 8.53. The van der Waals surface area contributed by atoms with E-state index in [1.165, 1.54) is 17.4 Å². The molecule has 0 fully saturated rings. The SMILES string of the molecule is Fc1cc(S)c(Br)c2sccc12. The van der Waals surface area contributed by atoms with Crippen LogP contribution in [0.4, 0.5) is 4.39 Å². The maximum atomic E-state index is 13.2. The van der Waals surface area contributed by atoms with Crippen molar-refractivity contribution in [2.24, 2.45) is 0 Å². The molecule has 12 heavy (non-hydrogen) atoms. The van der Waals surface area contributed by atoms with Crippen molar-refractivity contribution in [3.8, 4) is 0 Å². The summed E-state index contributed by atoms with van der Waals surface area (Å²) in [6.45, 7) is 0. The maximum absolute atomic E-state index is 13.2. The van der Waals surface area contributed by atoms with Crippen LogP contribution in [0.15, 0.2) is 26.9 Å². The lowest BCUT2D eigenvalue weighted by molar-refractivity contribution is 0.636. The Labute approximate surface area is 86.9 Å². The minimum atomic E-state index is -0.209. The molecule has 0 saturated heterocycles. The highest BCUT2D eigenvalue weighted by Crippen LogP contribution is 2.35. The molecule has 0 atom stereocenters. The van der Waals surface area contributed by atoms with Crippen LogP contribution >= 0.6 is 39.9 Å². The third kappa shape index (κ3) is 1.18. The lowest BCUT2D eigenvalue weighted by Gasteiger charge is -1.99. The van der Waals surface area contributed by atoms with Gasteiger partial charge in [-0.15, -0.1) is 24.0 Å². The van der Waals surface area contributed by atoms with E-state index in [4.69, 9.17) is 0 Å². The molecule has 4 heteroatoms. The van der Waals surface area contributed by atoms with E-state index in [-0.39, 0.29) is 5.82 Å². The molecule has 62 valence electrons. The van der Waals surface area contributed by atoms with Gasteiger partial charge in [0.2, 0.25) is 0 Å². The molecule has 2 rings (SSSR count). The monoisotopic (exact) mass is 262 g/mol. The lowest BCUT2D eigenvalue weighted by Crippen LogP contribution is -1.77. The number of benzene rings is 1. The minimum absolute atomic E-state index is 0.209. The van der Waals surface area contributed by atoms with Crippen molar-refractivity contribution in [2.45, 2.75) is 4.90 Å². The average Bonchev–Trinajstić information content (AvgIpc) is 2.48. The van der Waals surface area contributed by atoms with Crippen molar-refractivity contribution in [3.63, 3.8) is 0 Å². The zero-order valence-electron chi connectivity index (χ0n) is 5.84. The maximum Gasteiger partial charge on any atom is 0.133 e. The fraction of sp³-hybridized carbons (Fsp3) is 0. The van der Waals surface area contributed by atoms with Gasteiger partial charge in [0.05, 0.1) is 4.70 Å². The van der Waals surface area contributed by atoms with E-state index in [1.54, 1.807) is 6.07 Å². The highest BCUT2D eigenvalue weighted by molar-refractivity contribution is 9.10. The minimum Gasteiger partial charge on any atom is -0.206 e. The van der Waals surface area contributed by atoms with Gasteiger partial charge in [0.15, 0.2) is 0 Å². The van der Waals surface area contributed by atoms with Crippen molar-refractivity contribution in [2.75, 3.05) is 0 Å². The van der Waals surface area contributed by atoms with Crippen LogP contribution < -0.4 is 0 Å². The number of hydrogen-bond acceptors (Lipinski definition) is 2. The normalized spacial score (nSPS) is 10.9. The van der Waals surface area contributed by atoms with Gasteiger partial charge in [-0.2, -0.15) is 0 Å². The lowest BCUT2D eigenvalue weighted by atomic mass is 10.2. The molecular weight excluding hydrogens is 259 g/mol. The highest BCUT2D eigenvalue weighted by Gasteiger charge is 2.08. The van der Waals surface area contributed by atoms with E-state index in [9.17, 15) is 4.39 Å². The van der Waals surface area contributed by atoms with E-state index in [2.05, 4.69) is 28.6 Å². The first-order valence-electron chi connectivity index (χ1n) is 3.24.